The van der Waals surface area contributed by atoms with E-state index in [1.807, 2.05) is 0 Å². The second-order valence-electron chi connectivity index (χ2n) is 8.19. The van der Waals surface area contributed by atoms with Crippen molar-refractivity contribution in [3.05, 3.63) is 64.2 Å². The molecule has 0 unspecified atom stereocenters. The van der Waals surface area contributed by atoms with Crippen molar-refractivity contribution in [1.82, 2.24) is 0 Å². The van der Waals surface area contributed by atoms with Gasteiger partial charge in [0.2, 0.25) is 0 Å². The van der Waals surface area contributed by atoms with Gasteiger partial charge in [0, 0.05) is 16.7 Å². The summed E-state index contributed by atoms with van der Waals surface area (Å²) in [7, 11) is -5.53. The lowest BCUT2D eigenvalue weighted by Gasteiger charge is -2.12. The molecule has 0 bridgehead atoms. The van der Waals surface area contributed by atoms with Gasteiger partial charge >= 0.3 is 27.6 Å². The van der Waals surface area contributed by atoms with Crippen LogP contribution in [-0.2, 0) is 19.6 Å². The number of hydrogen-bond acceptors (Lipinski definition) is 7. The summed E-state index contributed by atoms with van der Waals surface area (Å²) in [6.07, 6.45) is 0. The lowest BCUT2D eigenvalue weighted by Crippen LogP contribution is -2.28. The Morgan fingerprint density at radius 1 is 0.833 bits per heavy atom. The highest BCUT2D eigenvalue weighted by molar-refractivity contribution is 7.88. The molecule has 0 saturated carbocycles. The van der Waals surface area contributed by atoms with Crippen LogP contribution in [0, 0.1) is 23.3 Å². The second kappa shape index (κ2) is 10.9. The Kier molecular flexibility index (Phi) is 8.62. The van der Waals surface area contributed by atoms with Gasteiger partial charge in [0.05, 0.1) is 19.8 Å². The lowest BCUT2D eigenvalue weighted by molar-refractivity contribution is -0.0500. The smallest absolute Gasteiger partial charge is 0.465 e. The van der Waals surface area contributed by atoms with Crippen molar-refractivity contribution in [2.75, 3.05) is 14.2 Å². The zero-order valence-corrected chi connectivity index (χ0v) is 21.7. The van der Waals surface area contributed by atoms with Crippen LogP contribution in [0.1, 0.15) is 37.4 Å². The Bertz CT molecular complexity index is 1420. The van der Waals surface area contributed by atoms with Crippen molar-refractivity contribution in [1.29, 1.82) is 0 Å². The van der Waals surface area contributed by atoms with Crippen LogP contribution in [0.3, 0.4) is 0 Å². The molecule has 12 heteroatoms. The van der Waals surface area contributed by atoms with E-state index in [1.54, 1.807) is 12.1 Å². The van der Waals surface area contributed by atoms with Crippen molar-refractivity contribution >= 4 is 30.1 Å². The van der Waals surface area contributed by atoms with Crippen molar-refractivity contribution in [3.8, 4) is 29.1 Å². The van der Waals surface area contributed by atoms with Crippen LogP contribution in [0.4, 0.5) is 13.2 Å². The maximum Gasteiger partial charge on any atom is 0.534 e. The molecule has 0 aromatic heterocycles. The van der Waals surface area contributed by atoms with E-state index < -0.39 is 47.0 Å². The number of esters is 2. The summed E-state index contributed by atoms with van der Waals surface area (Å²) in [5, 5.41) is 0. The molecule has 2 aromatic carbocycles. The molecule has 0 N–H and O–H groups in total. The van der Waals surface area contributed by atoms with Crippen LogP contribution in [0.5, 0.6) is 5.75 Å². The van der Waals surface area contributed by atoms with Crippen LogP contribution in [0.15, 0.2) is 36.4 Å². The minimum atomic E-state index is -6.02. The van der Waals surface area contributed by atoms with E-state index in [-0.39, 0.29) is 16.7 Å². The first kappa shape index (κ1) is 28.5. The molecule has 0 amide bonds. The van der Waals surface area contributed by atoms with Gasteiger partial charge in [-0.2, -0.15) is 21.6 Å². The minimum Gasteiger partial charge on any atom is -0.465 e. The average Bonchev–Trinajstić information content (AvgIpc) is 2.79. The molecule has 7 nitrogen and oxygen atoms in total. The average molecular weight is 539 g/mol. The summed E-state index contributed by atoms with van der Waals surface area (Å²) in [6, 6.07) is 7.75. The molecular weight excluding hydrogens is 517 g/mol. The first-order valence-corrected chi connectivity index (χ1v) is 15.0. The summed E-state index contributed by atoms with van der Waals surface area (Å²) < 4.78 is 74.2. The van der Waals surface area contributed by atoms with Gasteiger partial charge in [-0.15, -0.1) is 5.54 Å². The van der Waals surface area contributed by atoms with Crippen LogP contribution < -0.4 is 4.18 Å². The summed E-state index contributed by atoms with van der Waals surface area (Å²) in [4.78, 5) is 24.3. The fraction of sp³-hybridized carbons (Fsp3) is 0.250. The first-order chi connectivity index (χ1) is 16.6. The van der Waals surface area contributed by atoms with Crippen LogP contribution >= 0.6 is 0 Å². The summed E-state index contributed by atoms with van der Waals surface area (Å²) in [5.41, 5.74) is -2.02. The van der Waals surface area contributed by atoms with E-state index in [2.05, 4.69) is 51.9 Å². The van der Waals surface area contributed by atoms with Gasteiger partial charge < -0.3 is 13.7 Å². The van der Waals surface area contributed by atoms with Crippen LogP contribution in [-0.4, -0.2) is 48.2 Å². The fourth-order valence-corrected chi connectivity index (χ4v) is 3.52. The van der Waals surface area contributed by atoms with Gasteiger partial charge in [0.15, 0.2) is 5.75 Å². The third kappa shape index (κ3) is 7.38. The zero-order chi connectivity index (χ0) is 27.3. The van der Waals surface area contributed by atoms with E-state index >= 15 is 0 Å². The highest BCUT2D eigenvalue weighted by atomic mass is 32.2. The lowest BCUT2D eigenvalue weighted by atomic mass is 10.0. The minimum absolute atomic E-state index is 0.102. The van der Waals surface area contributed by atoms with Gasteiger partial charge in [-0.05, 0) is 36.4 Å². The molecule has 0 aliphatic rings. The molecule has 0 fully saturated rings. The largest absolute Gasteiger partial charge is 0.534 e. The van der Waals surface area contributed by atoms with Crippen molar-refractivity contribution < 1.29 is 44.8 Å². The van der Waals surface area contributed by atoms with Gasteiger partial charge in [0.1, 0.15) is 13.6 Å². The van der Waals surface area contributed by atoms with E-state index in [4.69, 9.17) is 4.74 Å². The van der Waals surface area contributed by atoms with E-state index in [9.17, 15) is 31.2 Å². The van der Waals surface area contributed by atoms with E-state index in [0.29, 0.717) is 5.56 Å². The Morgan fingerprint density at radius 3 is 1.92 bits per heavy atom. The van der Waals surface area contributed by atoms with Crippen molar-refractivity contribution in [2.24, 2.45) is 0 Å². The number of rotatable bonds is 4. The predicted octanol–water partition coefficient (Wildman–Crippen LogP) is 4.12. The van der Waals surface area contributed by atoms with E-state index in [1.165, 1.54) is 13.2 Å². The standard InChI is InChI=1S/C24H21F3O7SSi/c1-32-22(28)19-14-17(12-13-36(3,4)5)7-10-18(19)9-6-16-8-11-21(20(15-16)23(29)33-2)34-35(30,31)24(25,26)27/h7-8,10-11,14-15H,1-5H3. The predicted molar refractivity (Wildman–Crippen MR) is 127 cm³/mol. The van der Waals surface area contributed by atoms with Crippen molar-refractivity contribution in [3.63, 3.8) is 0 Å². The molecule has 0 radical (unpaired) electrons. The van der Waals surface area contributed by atoms with E-state index in [0.717, 1.165) is 25.3 Å². The third-order valence-electron chi connectivity index (χ3n) is 4.22. The van der Waals surface area contributed by atoms with Gasteiger partial charge in [-0.1, -0.05) is 37.4 Å². The highest BCUT2D eigenvalue weighted by Gasteiger charge is 2.49. The summed E-state index contributed by atoms with van der Waals surface area (Å²) in [5.74, 6) is 5.75. The molecular formula is C24H21F3O7SSi. The molecule has 0 heterocycles. The van der Waals surface area contributed by atoms with Crippen LogP contribution in [0.25, 0.3) is 0 Å². The number of alkyl halides is 3. The van der Waals surface area contributed by atoms with Gasteiger partial charge in [-0.25, -0.2) is 9.59 Å². The number of carbonyl (C=O) groups excluding carboxylic acids is 2. The molecule has 2 rings (SSSR count). The summed E-state index contributed by atoms with van der Waals surface area (Å²) in [6.45, 7) is 6.20. The first-order valence-electron chi connectivity index (χ1n) is 10.1. The number of hydrogen-bond donors (Lipinski definition) is 0. The number of carbonyl (C=O) groups is 2. The molecule has 0 saturated heterocycles. The Morgan fingerprint density at radius 2 is 1.36 bits per heavy atom. The molecule has 2 aromatic rings. The van der Waals surface area contributed by atoms with Gasteiger partial charge in [-0.3, -0.25) is 0 Å². The fourth-order valence-electron chi connectivity index (χ4n) is 2.52. The molecule has 0 atom stereocenters. The molecule has 0 spiro atoms. The normalized spacial score (nSPS) is 11.3. The number of halogens is 3. The third-order valence-corrected chi connectivity index (χ3v) is 6.06. The number of ether oxygens (including phenoxy) is 2. The molecule has 0 aliphatic carbocycles. The SMILES string of the molecule is COC(=O)c1cc(C#C[Si](C)(C)C)ccc1C#Cc1ccc(OS(=O)(=O)C(F)(F)F)c(C(=O)OC)c1. The highest BCUT2D eigenvalue weighted by Crippen LogP contribution is 2.30. The Labute approximate surface area is 207 Å². The summed E-state index contributed by atoms with van der Waals surface area (Å²) >= 11 is 0. The number of benzene rings is 2. The van der Waals surface area contributed by atoms with Crippen molar-refractivity contribution in [2.45, 2.75) is 25.1 Å². The molecule has 0 aliphatic heterocycles. The quantitative estimate of drug-likeness (QED) is 0.190. The Balaban J connectivity index is 2.54. The van der Waals surface area contributed by atoms with Gasteiger partial charge in [0.25, 0.3) is 0 Å². The zero-order valence-electron chi connectivity index (χ0n) is 19.9. The maximum absolute atomic E-state index is 12.7. The second-order valence-corrected chi connectivity index (χ2v) is 14.5. The monoisotopic (exact) mass is 538 g/mol. The maximum atomic E-state index is 12.7. The number of methoxy groups -OCH3 is 2. The Hall–Kier alpha value is -3.74. The molecule has 190 valence electrons. The topological polar surface area (TPSA) is 96.0 Å². The molecule has 36 heavy (non-hydrogen) atoms. The van der Waals surface area contributed by atoms with Crippen LogP contribution in [0.2, 0.25) is 19.6 Å².